The number of carbonyl (C=O) groups is 2. The molecule has 1 aliphatic rings. The Bertz CT molecular complexity index is 798. The molecule has 0 aliphatic carbocycles. The van der Waals surface area contributed by atoms with Crippen LogP contribution in [0.15, 0.2) is 66.4 Å². The van der Waals surface area contributed by atoms with Gasteiger partial charge in [-0.25, -0.2) is 0 Å². The van der Waals surface area contributed by atoms with E-state index in [9.17, 15) is 9.59 Å². The van der Waals surface area contributed by atoms with Crippen LogP contribution in [0.4, 0.5) is 5.69 Å². The van der Waals surface area contributed by atoms with Crippen LogP contribution >= 0.6 is 0 Å². The van der Waals surface area contributed by atoms with Crippen molar-refractivity contribution in [2.45, 2.75) is 19.4 Å². The number of carbonyl (C=O) groups excluding carboxylic acids is 2. The lowest BCUT2D eigenvalue weighted by Gasteiger charge is -2.24. The summed E-state index contributed by atoms with van der Waals surface area (Å²) in [7, 11) is 0. The van der Waals surface area contributed by atoms with E-state index in [4.69, 9.17) is 9.47 Å². The Hall–Kier alpha value is -3.08. The monoisotopic (exact) mass is 337 g/mol. The normalized spacial score (nSPS) is 16.6. The fraction of sp³-hybridized carbons (Fsp3) is 0.200. The molecule has 0 aromatic heterocycles. The molecular weight excluding hydrogens is 318 g/mol. The first kappa shape index (κ1) is 16.8. The van der Waals surface area contributed by atoms with Gasteiger partial charge in [0.1, 0.15) is 11.9 Å². The smallest absolute Gasteiger partial charge is 0.290 e. The lowest BCUT2D eigenvalue weighted by molar-refractivity contribution is -0.124. The predicted molar refractivity (Wildman–Crippen MR) is 94.2 cm³/mol. The molecular formula is C20H19NO4. The summed E-state index contributed by atoms with van der Waals surface area (Å²) in [5.41, 5.74) is 1.40. The van der Waals surface area contributed by atoms with E-state index in [-0.39, 0.29) is 18.0 Å². The number of benzene rings is 2. The minimum absolute atomic E-state index is 0.0106. The lowest BCUT2D eigenvalue weighted by Crippen LogP contribution is -2.24. The van der Waals surface area contributed by atoms with E-state index in [2.05, 4.69) is 5.32 Å². The van der Waals surface area contributed by atoms with Gasteiger partial charge in [-0.05, 0) is 24.6 Å². The van der Waals surface area contributed by atoms with Crippen LogP contribution < -0.4 is 10.1 Å². The molecule has 2 aromatic rings. The summed E-state index contributed by atoms with van der Waals surface area (Å²) in [6, 6.07) is 16.5. The second kappa shape index (κ2) is 7.66. The average molecular weight is 337 g/mol. The maximum atomic E-state index is 12.5. The van der Waals surface area contributed by atoms with Crippen molar-refractivity contribution in [3.63, 3.8) is 0 Å². The third kappa shape index (κ3) is 4.07. The first-order valence-corrected chi connectivity index (χ1v) is 8.16. The second-order valence-corrected chi connectivity index (χ2v) is 5.58. The van der Waals surface area contributed by atoms with Gasteiger partial charge in [0.15, 0.2) is 11.5 Å². The molecule has 25 heavy (non-hydrogen) atoms. The molecule has 0 saturated carbocycles. The molecule has 5 heteroatoms. The number of hydrogen-bond donors (Lipinski definition) is 1. The SMILES string of the molecule is CCOc1ccccc1NC(=O)C1=CC(=O)CC(c2ccccc2)O1. The number of ketones is 1. The van der Waals surface area contributed by atoms with E-state index in [0.717, 1.165) is 5.56 Å². The van der Waals surface area contributed by atoms with Crippen LogP contribution in [0, 0.1) is 0 Å². The Morgan fingerprint density at radius 2 is 1.88 bits per heavy atom. The largest absolute Gasteiger partial charge is 0.492 e. The Balaban J connectivity index is 1.77. The number of para-hydroxylation sites is 2. The molecule has 0 fully saturated rings. The van der Waals surface area contributed by atoms with Crippen LogP contribution in [0.3, 0.4) is 0 Å². The number of rotatable bonds is 5. The Labute approximate surface area is 146 Å². The Kier molecular flexibility index (Phi) is 5.14. The van der Waals surface area contributed by atoms with Crippen molar-refractivity contribution in [1.29, 1.82) is 0 Å². The molecule has 0 radical (unpaired) electrons. The number of hydrogen-bond acceptors (Lipinski definition) is 4. The number of allylic oxidation sites excluding steroid dienone is 1. The molecule has 1 amide bonds. The number of ether oxygens (including phenoxy) is 2. The quantitative estimate of drug-likeness (QED) is 0.905. The van der Waals surface area contributed by atoms with E-state index in [1.807, 2.05) is 43.3 Å². The van der Waals surface area contributed by atoms with Crippen molar-refractivity contribution < 1.29 is 19.1 Å². The van der Waals surface area contributed by atoms with Gasteiger partial charge in [0.2, 0.25) is 0 Å². The van der Waals surface area contributed by atoms with Gasteiger partial charge in [-0.1, -0.05) is 42.5 Å². The summed E-state index contributed by atoms with van der Waals surface area (Å²) < 4.78 is 11.3. The summed E-state index contributed by atoms with van der Waals surface area (Å²) in [5.74, 6) is -0.0263. The van der Waals surface area contributed by atoms with Gasteiger partial charge in [0.05, 0.1) is 18.7 Å². The standard InChI is InChI=1S/C20H19NO4/c1-2-24-17-11-7-6-10-16(17)21-20(23)19-13-15(22)12-18(25-19)14-8-4-3-5-9-14/h3-11,13,18H,2,12H2,1H3,(H,21,23). The Morgan fingerprint density at radius 3 is 2.64 bits per heavy atom. The van der Waals surface area contributed by atoms with E-state index in [1.54, 1.807) is 18.2 Å². The first-order valence-electron chi connectivity index (χ1n) is 8.16. The predicted octanol–water partition coefficient (Wildman–Crippen LogP) is 3.64. The Morgan fingerprint density at radius 1 is 1.16 bits per heavy atom. The van der Waals surface area contributed by atoms with Crippen molar-refractivity contribution in [2.24, 2.45) is 0 Å². The molecule has 1 aliphatic heterocycles. The van der Waals surface area contributed by atoms with Crippen molar-refractivity contribution in [1.82, 2.24) is 0 Å². The summed E-state index contributed by atoms with van der Waals surface area (Å²) in [6.07, 6.45) is 1.01. The van der Waals surface area contributed by atoms with Gasteiger partial charge in [0, 0.05) is 6.08 Å². The van der Waals surface area contributed by atoms with Crippen molar-refractivity contribution in [2.75, 3.05) is 11.9 Å². The van der Waals surface area contributed by atoms with Crippen molar-refractivity contribution >= 4 is 17.4 Å². The zero-order chi connectivity index (χ0) is 17.6. The second-order valence-electron chi connectivity index (χ2n) is 5.58. The average Bonchev–Trinajstić information content (AvgIpc) is 2.64. The number of amides is 1. The van der Waals surface area contributed by atoms with Gasteiger partial charge >= 0.3 is 0 Å². The molecule has 128 valence electrons. The maximum Gasteiger partial charge on any atom is 0.290 e. The van der Waals surface area contributed by atoms with Crippen LogP contribution in [0.2, 0.25) is 0 Å². The summed E-state index contributed by atoms with van der Waals surface area (Å²) >= 11 is 0. The first-order chi connectivity index (χ1) is 12.2. The van der Waals surface area contributed by atoms with Crippen LogP contribution in [-0.2, 0) is 14.3 Å². The van der Waals surface area contributed by atoms with E-state index < -0.39 is 12.0 Å². The highest BCUT2D eigenvalue weighted by Crippen LogP contribution is 2.30. The zero-order valence-corrected chi connectivity index (χ0v) is 13.9. The third-order valence-corrected chi connectivity index (χ3v) is 3.78. The minimum atomic E-state index is -0.471. The van der Waals surface area contributed by atoms with Crippen LogP contribution in [0.25, 0.3) is 0 Å². The van der Waals surface area contributed by atoms with E-state index >= 15 is 0 Å². The summed E-state index contributed by atoms with van der Waals surface area (Å²) in [6.45, 7) is 2.36. The van der Waals surface area contributed by atoms with Crippen molar-refractivity contribution in [3.8, 4) is 5.75 Å². The fourth-order valence-corrected chi connectivity index (χ4v) is 2.62. The molecule has 5 nitrogen and oxygen atoms in total. The molecule has 0 spiro atoms. The molecule has 1 atom stereocenters. The zero-order valence-electron chi connectivity index (χ0n) is 13.9. The highest BCUT2D eigenvalue weighted by Gasteiger charge is 2.27. The molecule has 1 N–H and O–H groups in total. The molecule has 1 heterocycles. The van der Waals surface area contributed by atoms with Gasteiger partial charge in [-0.3, -0.25) is 9.59 Å². The minimum Gasteiger partial charge on any atom is -0.492 e. The number of anilines is 1. The fourth-order valence-electron chi connectivity index (χ4n) is 2.62. The molecule has 1 unspecified atom stereocenters. The van der Waals surface area contributed by atoms with Gasteiger partial charge in [0.25, 0.3) is 5.91 Å². The van der Waals surface area contributed by atoms with Gasteiger partial charge < -0.3 is 14.8 Å². The third-order valence-electron chi connectivity index (χ3n) is 3.78. The van der Waals surface area contributed by atoms with E-state index in [1.165, 1.54) is 6.08 Å². The van der Waals surface area contributed by atoms with E-state index in [0.29, 0.717) is 18.0 Å². The summed E-state index contributed by atoms with van der Waals surface area (Å²) in [4.78, 5) is 24.6. The van der Waals surface area contributed by atoms with Crippen LogP contribution in [-0.4, -0.2) is 18.3 Å². The highest BCUT2D eigenvalue weighted by molar-refractivity contribution is 6.08. The molecule has 0 saturated heterocycles. The number of nitrogens with one attached hydrogen (secondary N) is 1. The maximum absolute atomic E-state index is 12.5. The van der Waals surface area contributed by atoms with Gasteiger partial charge in [-0.15, -0.1) is 0 Å². The molecule has 3 rings (SSSR count). The van der Waals surface area contributed by atoms with Crippen LogP contribution in [0.5, 0.6) is 5.75 Å². The highest BCUT2D eigenvalue weighted by atomic mass is 16.5. The van der Waals surface area contributed by atoms with Crippen LogP contribution in [0.1, 0.15) is 25.0 Å². The lowest BCUT2D eigenvalue weighted by atomic mass is 10.0. The van der Waals surface area contributed by atoms with Gasteiger partial charge in [-0.2, -0.15) is 0 Å². The molecule has 0 bridgehead atoms. The van der Waals surface area contributed by atoms with Crippen molar-refractivity contribution in [3.05, 3.63) is 72.0 Å². The topological polar surface area (TPSA) is 64.6 Å². The summed E-state index contributed by atoms with van der Waals surface area (Å²) in [5, 5.41) is 2.75. The molecule has 2 aromatic carbocycles.